The monoisotopic (exact) mass is 201 g/mol. The lowest BCUT2D eigenvalue weighted by atomic mass is 10.1. The van der Waals surface area contributed by atoms with Gasteiger partial charge in [0.2, 0.25) is 0 Å². The van der Waals surface area contributed by atoms with Crippen molar-refractivity contribution in [3.8, 4) is 0 Å². The van der Waals surface area contributed by atoms with Gasteiger partial charge < -0.3 is 10.3 Å². The van der Waals surface area contributed by atoms with Gasteiger partial charge in [-0.2, -0.15) is 0 Å². The standard InChI is InChI=1S/C12H15N3/c1-15-8-7-14-12(15)11(13)9-10-5-3-2-4-6-10/h2-8,11H,9,13H2,1H3. The molecule has 0 aliphatic rings. The van der Waals surface area contributed by atoms with Crippen LogP contribution in [0, 0.1) is 0 Å². The van der Waals surface area contributed by atoms with E-state index in [9.17, 15) is 0 Å². The van der Waals surface area contributed by atoms with Gasteiger partial charge >= 0.3 is 0 Å². The van der Waals surface area contributed by atoms with Crippen molar-refractivity contribution >= 4 is 0 Å². The van der Waals surface area contributed by atoms with E-state index >= 15 is 0 Å². The number of benzene rings is 1. The van der Waals surface area contributed by atoms with Crippen LogP contribution in [-0.4, -0.2) is 9.55 Å². The Morgan fingerprint density at radius 2 is 2.07 bits per heavy atom. The quantitative estimate of drug-likeness (QED) is 0.820. The second kappa shape index (κ2) is 4.28. The molecular weight excluding hydrogens is 186 g/mol. The van der Waals surface area contributed by atoms with Crippen LogP contribution in [0.3, 0.4) is 0 Å². The van der Waals surface area contributed by atoms with E-state index in [2.05, 4.69) is 17.1 Å². The molecule has 0 radical (unpaired) electrons. The van der Waals surface area contributed by atoms with E-state index in [1.54, 1.807) is 6.20 Å². The molecule has 1 atom stereocenters. The van der Waals surface area contributed by atoms with Crippen LogP contribution < -0.4 is 5.73 Å². The fourth-order valence-electron chi connectivity index (χ4n) is 1.69. The van der Waals surface area contributed by atoms with Crippen LogP contribution in [0.25, 0.3) is 0 Å². The molecule has 2 aromatic rings. The molecular formula is C12H15N3. The van der Waals surface area contributed by atoms with Gasteiger partial charge in [-0.3, -0.25) is 0 Å². The van der Waals surface area contributed by atoms with Gasteiger partial charge in [0, 0.05) is 19.4 Å². The number of aromatic nitrogens is 2. The Bertz CT molecular complexity index is 419. The molecule has 0 aliphatic heterocycles. The Morgan fingerprint density at radius 1 is 1.33 bits per heavy atom. The highest BCUT2D eigenvalue weighted by Gasteiger charge is 2.10. The van der Waals surface area contributed by atoms with Crippen molar-refractivity contribution in [2.24, 2.45) is 12.8 Å². The van der Waals surface area contributed by atoms with Crippen LogP contribution in [0.15, 0.2) is 42.7 Å². The summed E-state index contributed by atoms with van der Waals surface area (Å²) in [4.78, 5) is 4.25. The van der Waals surface area contributed by atoms with Crippen LogP contribution in [0.5, 0.6) is 0 Å². The maximum absolute atomic E-state index is 6.09. The lowest BCUT2D eigenvalue weighted by molar-refractivity contribution is 0.632. The van der Waals surface area contributed by atoms with Gasteiger partial charge in [0.15, 0.2) is 0 Å². The average molecular weight is 201 g/mol. The van der Waals surface area contributed by atoms with Crippen molar-refractivity contribution in [3.05, 3.63) is 54.1 Å². The van der Waals surface area contributed by atoms with E-state index in [0.717, 1.165) is 12.2 Å². The lowest BCUT2D eigenvalue weighted by Crippen LogP contribution is -2.17. The van der Waals surface area contributed by atoms with Crippen molar-refractivity contribution in [1.29, 1.82) is 0 Å². The van der Waals surface area contributed by atoms with Crippen molar-refractivity contribution in [1.82, 2.24) is 9.55 Å². The molecule has 0 amide bonds. The molecule has 1 heterocycles. The van der Waals surface area contributed by atoms with Gasteiger partial charge in [-0.15, -0.1) is 0 Å². The average Bonchev–Trinajstić information content (AvgIpc) is 2.66. The molecule has 0 spiro atoms. The highest BCUT2D eigenvalue weighted by molar-refractivity contribution is 5.17. The number of imidazole rings is 1. The summed E-state index contributed by atoms with van der Waals surface area (Å²) in [6.07, 6.45) is 4.52. The zero-order valence-corrected chi connectivity index (χ0v) is 8.80. The largest absolute Gasteiger partial charge is 0.337 e. The van der Waals surface area contributed by atoms with Crippen molar-refractivity contribution in [2.45, 2.75) is 12.5 Å². The third-order valence-corrected chi connectivity index (χ3v) is 2.49. The summed E-state index contributed by atoms with van der Waals surface area (Å²) >= 11 is 0. The van der Waals surface area contributed by atoms with E-state index in [1.165, 1.54) is 5.56 Å². The Kier molecular flexibility index (Phi) is 2.83. The second-order valence-electron chi connectivity index (χ2n) is 3.69. The van der Waals surface area contributed by atoms with Crippen LogP contribution in [0.2, 0.25) is 0 Å². The minimum absolute atomic E-state index is 0.0348. The number of hydrogen-bond acceptors (Lipinski definition) is 2. The predicted octanol–water partition coefficient (Wildman–Crippen LogP) is 1.66. The molecule has 3 nitrogen and oxygen atoms in total. The molecule has 2 N–H and O–H groups in total. The zero-order chi connectivity index (χ0) is 10.7. The Labute approximate surface area is 89.6 Å². The first-order valence-corrected chi connectivity index (χ1v) is 5.04. The maximum Gasteiger partial charge on any atom is 0.125 e. The SMILES string of the molecule is Cn1ccnc1C(N)Cc1ccccc1. The van der Waals surface area contributed by atoms with Gasteiger partial charge in [-0.1, -0.05) is 30.3 Å². The first kappa shape index (κ1) is 9.93. The Hall–Kier alpha value is -1.61. The minimum atomic E-state index is -0.0348. The summed E-state index contributed by atoms with van der Waals surface area (Å²) in [6.45, 7) is 0. The van der Waals surface area contributed by atoms with Gasteiger partial charge in [0.1, 0.15) is 5.82 Å². The van der Waals surface area contributed by atoms with E-state index in [-0.39, 0.29) is 6.04 Å². The van der Waals surface area contributed by atoms with Crippen LogP contribution in [-0.2, 0) is 13.5 Å². The van der Waals surface area contributed by atoms with Gasteiger partial charge in [-0.25, -0.2) is 4.98 Å². The first-order valence-electron chi connectivity index (χ1n) is 5.04. The molecule has 3 heteroatoms. The highest BCUT2D eigenvalue weighted by Crippen LogP contribution is 2.13. The predicted molar refractivity (Wildman–Crippen MR) is 60.3 cm³/mol. The third-order valence-electron chi connectivity index (χ3n) is 2.49. The molecule has 1 aromatic heterocycles. The Balaban J connectivity index is 2.11. The number of nitrogens with zero attached hydrogens (tertiary/aromatic N) is 2. The number of aryl methyl sites for hydroxylation is 1. The summed E-state index contributed by atoms with van der Waals surface area (Å²) in [5.41, 5.74) is 7.33. The van der Waals surface area contributed by atoms with Crippen molar-refractivity contribution < 1.29 is 0 Å². The van der Waals surface area contributed by atoms with E-state index in [4.69, 9.17) is 5.73 Å². The molecule has 78 valence electrons. The molecule has 0 bridgehead atoms. The van der Waals surface area contributed by atoms with Gasteiger partial charge in [0.05, 0.1) is 6.04 Å². The summed E-state index contributed by atoms with van der Waals surface area (Å²) in [6, 6.07) is 10.2. The molecule has 0 fully saturated rings. The van der Waals surface area contributed by atoms with E-state index < -0.39 is 0 Å². The van der Waals surface area contributed by atoms with Gasteiger partial charge in [-0.05, 0) is 12.0 Å². The van der Waals surface area contributed by atoms with Crippen LogP contribution >= 0.6 is 0 Å². The van der Waals surface area contributed by atoms with Crippen LogP contribution in [0.4, 0.5) is 0 Å². The number of hydrogen-bond donors (Lipinski definition) is 1. The fraction of sp³-hybridized carbons (Fsp3) is 0.250. The molecule has 2 rings (SSSR count). The van der Waals surface area contributed by atoms with E-state index in [1.807, 2.05) is 36.0 Å². The van der Waals surface area contributed by atoms with Gasteiger partial charge in [0.25, 0.3) is 0 Å². The summed E-state index contributed by atoms with van der Waals surface area (Å²) < 4.78 is 1.97. The minimum Gasteiger partial charge on any atom is -0.337 e. The molecule has 1 unspecified atom stereocenters. The topological polar surface area (TPSA) is 43.8 Å². The normalized spacial score (nSPS) is 12.7. The number of rotatable bonds is 3. The molecule has 0 saturated carbocycles. The van der Waals surface area contributed by atoms with E-state index in [0.29, 0.717) is 0 Å². The van der Waals surface area contributed by atoms with Crippen molar-refractivity contribution in [2.75, 3.05) is 0 Å². The van der Waals surface area contributed by atoms with Crippen molar-refractivity contribution in [3.63, 3.8) is 0 Å². The molecule has 0 aliphatic carbocycles. The summed E-state index contributed by atoms with van der Waals surface area (Å²) in [5, 5.41) is 0. The highest BCUT2D eigenvalue weighted by atomic mass is 15.1. The number of nitrogens with two attached hydrogens (primary N) is 1. The zero-order valence-electron chi connectivity index (χ0n) is 8.80. The lowest BCUT2D eigenvalue weighted by Gasteiger charge is -2.11. The van der Waals surface area contributed by atoms with Crippen LogP contribution in [0.1, 0.15) is 17.4 Å². The summed E-state index contributed by atoms with van der Waals surface area (Å²) in [7, 11) is 1.97. The fourth-order valence-corrected chi connectivity index (χ4v) is 1.69. The molecule has 0 saturated heterocycles. The molecule has 1 aromatic carbocycles. The summed E-state index contributed by atoms with van der Waals surface area (Å²) in [5.74, 6) is 0.929. The molecule has 15 heavy (non-hydrogen) atoms. The first-order chi connectivity index (χ1) is 7.27. The Morgan fingerprint density at radius 3 is 2.67 bits per heavy atom. The second-order valence-corrected chi connectivity index (χ2v) is 3.69. The third kappa shape index (κ3) is 2.25. The smallest absolute Gasteiger partial charge is 0.125 e. The maximum atomic E-state index is 6.09.